The van der Waals surface area contributed by atoms with E-state index in [9.17, 15) is 0 Å². The van der Waals surface area contributed by atoms with Gasteiger partial charge in [0.15, 0.2) is 0 Å². The van der Waals surface area contributed by atoms with Crippen molar-refractivity contribution in [1.82, 2.24) is 10.2 Å². The van der Waals surface area contributed by atoms with Crippen molar-refractivity contribution in [2.75, 3.05) is 0 Å². The summed E-state index contributed by atoms with van der Waals surface area (Å²) in [5.41, 5.74) is 1.06. The molecular weight excluding hydrogens is 164 g/mol. The van der Waals surface area contributed by atoms with Crippen LogP contribution in [0.2, 0.25) is 0 Å². The van der Waals surface area contributed by atoms with Gasteiger partial charge in [-0.25, -0.2) is 0 Å². The number of ether oxygens (including phenoxy) is 1. The van der Waals surface area contributed by atoms with Crippen molar-refractivity contribution in [3.8, 4) is 5.75 Å². The Morgan fingerprint density at radius 1 is 1.38 bits per heavy atom. The summed E-state index contributed by atoms with van der Waals surface area (Å²) in [6.45, 7) is 0. The number of nitrogens with one attached hydrogen (secondary N) is 1. The van der Waals surface area contributed by atoms with Crippen molar-refractivity contribution in [3.05, 3.63) is 24.4 Å². The van der Waals surface area contributed by atoms with Gasteiger partial charge in [0.25, 0.3) is 0 Å². The second-order valence-corrected chi connectivity index (χ2v) is 3.44. The van der Waals surface area contributed by atoms with E-state index < -0.39 is 0 Å². The summed E-state index contributed by atoms with van der Waals surface area (Å²) in [5.74, 6) is 0.955. The molecule has 1 heterocycles. The molecular formula is C10H10N2O. The Morgan fingerprint density at radius 2 is 2.31 bits per heavy atom. The van der Waals surface area contributed by atoms with Crippen LogP contribution in [0, 0.1) is 0 Å². The predicted octanol–water partition coefficient (Wildman–Crippen LogP) is 2.10. The van der Waals surface area contributed by atoms with Crippen molar-refractivity contribution in [3.63, 3.8) is 0 Å². The van der Waals surface area contributed by atoms with Gasteiger partial charge in [-0.05, 0) is 31.0 Å². The normalized spacial score (nSPS) is 16.3. The van der Waals surface area contributed by atoms with E-state index in [2.05, 4.69) is 10.2 Å². The standard InChI is InChI=1S/C10H10N2O/c1-2-8(1)13-9-3-4-10-7(5-9)6-11-12-10/h3-6,8H,1-2H2,(H,11,12). The lowest BCUT2D eigenvalue weighted by atomic mass is 10.2. The van der Waals surface area contributed by atoms with Gasteiger partial charge in [0, 0.05) is 5.39 Å². The molecule has 1 aliphatic carbocycles. The van der Waals surface area contributed by atoms with E-state index in [1.807, 2.05) is 24.4 Å². The molecule has 1 aliphatic rings. The molecule has 0 spiro atoms. The van der Waals surface area contributed by atoms with E-state index in [4.69, 9.17) is 4.74 Å². The Hall–Kier alpha value is -1.51. The highest BCUT2D eigenvalue weighted by molar-refractivity contribution is 5.79. The highest BCUT2D eigenvalue weighted by Gasteiger charge is 2.23. The van der Waals surface area contributed by atoms with Crippen molar-refractivity contribution in [2.24, 2.45) is 0 Å². The molecule has 0 saturated heterocycles. The average molecular weight is 174 g/mol. The fourth-order valence-electron chi connectivity index (χ4n) is 1.37. The summed E-state index contributed by atoms with van der Waals surface area (Å²) in [7, 11) is 0. The number of benzene rings is 1. The molecule has 13 heavy (non-hydrogen) atoms. The second-order valence-electron chi connectivity index (χ2n) is 3.44. The van der Waals surface area contributed by atoms with Gasteiger partial charge >= 0.3 is 0 Å². The number of fused-ring (bicyclic) bond motifs is 1. The van der Waals surface area contributed by atoms with E-state index in [0.717, 1.165) is 16.7 Å². The number of nitrogens with zero attached hydrogens (tertiary/aromatic N) is 1. The predicted molar refractivity (Wildman–Crippen MR) is 49.7 cm³/mol. The molecule has 3 nitrogen and oxygen atoms in total. The van der Waals surface area contributed by atoms with Crippen molar-refractivity contribution in [1.29, 1.82) is 0 Å². The lowest BCUT2D eigenvalue weighted by Gasteiger charge is -2.02. The first-order valence-corrected chi connectivity index (χ1v) is 4.51. The maximum Gasteiger partial charge on any atom is 0.120 e. The monoisotopic (exact) mass is 174 g/mol. The third-order valence-electron chi connectivity index (χ3n) is 2.24. The quantitative estimate of drug-likeness (QED) is 0.757. The molecule has 66 valence electrons. The molecule has 0 radical (unpaired) electrons. The average Bonchev–Trinajstić information content (AvgIpc) is 2.83. The van der Waals surface area contributed by atoms with E-state index in [-0.39, 0.29) is 0 Å². The minimum absolute atomic E-state index is 0.462. The highest BCUT2D eigenvalue weighted by atomic mass is 16.5. The lowest BCUT2D eigenvalue weighted by Crippen LogP contribution is -1.94. The van der Waals surface area contributed by atoms with Crippen LogP contribution in [0.4, 0.5) is 0 Å². The SMILES string of the molecule is c1cc2[nH]ncc2cc1OC1CC1. The van der Waals surface area contributed by atoms with Crippen LogP contribution >= 0.6 is 0 Å². The number of aromatic nitrogens is 2. The summed E-state index contributed by atoms with van der Waals surface area (Å²) in [5, 5.41) is 7.98. The van der Waals surface area contributed by atoms with Crippen molar-refractivity contribution in [2.45, 2.75) is 18.9 Å². The first-order chi connectivity index (χ1) is 6.42. The second kappa shape index (κ2) is 2.49. The highest BCUT2D eigenvalue weighted by Crippen LogP contribution is 2.28. The minimum atomic E-state index is 0.462. The molecule has 1 fully saturated rings. The molecule has 1 saturated carbocycles. The molecule has 1 aromatic carbocycles. The Morgan fingerprint density at radius 3 is 3.15 bits per heavy atom. The van der Waals surface area contributed by atoms with Crippen LogP contribution in [0.1, 0.15) is 12.8 Å². The summed E-state index contributed by atoms with van der Waals surface area (Å²) in [6, 6.07) is 6.01. The zero-order chi connectivity index (χ0) is 8.67. The number of rotatable bonds is 2. The van der Waals surface area contributed by atoms with Crippen LogP contribution in [0.15, 0.2) is 24.4 Å². The lowest BCUT2D eigenvalue weighted by molar-refractivity contribution is 0.303. The molecule has 0 atom stereocenters. The van der Waals surface area contributed by atoms with E-state index in [1.165, 1.54) is 12.8 Å². The third-order valence-corrected chi connectivity index (χ3v) is 2.24. The van der Waals surface area contributed by atoms with E-state index >= 15 is 0 Å². The van der Waals surface area contributed by atoms with Crippen LogP contribution in [0.5, 0.6) is 5.75 Å². The van der Waals surface area contributed by atoms with Crippen LogP contribution in [-0.4, -0.2) is 16.3 Å². The zero-order valence-corrected chi connectivity index (χ0v) is 7.16. The molecule has 0 unspecified atom stereocenters. The first-order valence-electron chi connectivity index (χ1n) is 4.51. The number of hydrogen-bond donors (Lipinski definition) is 1. The van der Waals surface area contributed by atoms with Crippen LogP contribution in [0.3, 0.4) is 0 Å². The molecule has 0 aliphatic heterocycles. The smallest absolute Gasteiger partial charge is 0.120 e. The minimum Gasteiger partial charge on any atom is -0.490 e. The first kappa shape index (κ1) is 6.95. The number of aromatic amines is 1. The fourth-order valence-corrected chi connectivity index (χ4v) is 1.37. The van der Waals surface area contributed by atoms with Crippen LogP contribution in [-0.2, 0) is 0 Å². The molecule has 0 bridgehead atoms. The van der Waals surface area contributed by atoms with E-state index in [0.29, 0.717) is 6.10 Å². The Bertz CT molecular complexity index is 431. The van der Waals surface area contributed by atoms with Crippen molar-refractivity contribution >= 4 is 10.9 Å². The van der Waals surface area contributed by atoms with Gasteiger partial charge in [0.2, 0.25) is 0 Å². The van der Waals surface area contributed by atoms with Gasteiger partial charge in [-0.1, -0.05) is 0 Å². The molecule has 1 N–H and O–H groups in total. The summed E-state index contributed by atoms with van der Waals surface area (Å²) in [6.07, 6.45) is 4.67. The Balaban J connectivity index is 1.99. The fraction of sp³-hybridized carbons (Fsp3) is 0.300. The summed E-state index contributed by atoms with van der Waals surface area (Å²) < 4.78 is 5.66. The van der Waals surface area contributed by atoms with Gasteiger partial charge in [0.1, 0.15) is 5.75 Å². The summed E-state index contributed by atoms with van der Waals surface area (Å²) in [4.78, 5) is 0. The van der Waals surface area contributed by atoms with Gasteiger partial charge in [-0.2, -0.15) is 5.10 Å². The van der Waals surface area contributed by atoms with Gasteiger partial charge in [-0.3, -0.25) is 5.10 Å². The maximum absolute atomic E-state index is 5.66. The van der Waals surface area contributed by atoms with Gasteiger partial charge in [0.05, 0.1) is 17.8 Å². The number of H-pyrrole nitrogens is 1. The molecule has 3 rings (SSSR count). The van der Waals surface area contributed by atoms with Crippen LogP contribution in [0.25, 0.3) is 10.9 Å². The molecule has 1 aromatic heterocycles. The molecule has 2 aromatic rings. The molecule has 0 amide bonds. The summed E-state index contributed by atoms with van der Waals surface area (Å²) >= 11 is 0. The molecule has 3 heteroatoms. The van der Waals surface area contributed by atoms with E-state index in [1.54, 1.807) is 0 Å². The zero-order valence-electron chi connectivity index (χ0n) is 7.16. The largest absolute Gasteiger partial charge is 0.490 e. The third kappa shape index (κ3) is 1.26. The topological polar surface area (TPSA) is 37.9 Å². The Labute approximate surface area is 75.7 Å². The van der Waals surface area contributed by atoms with Crippen LogP contribution < -0.4 is 4.74 Å². The maximum atomic E-state index is 5.66. The van der Waals surface area contributed by atoms with Gasteiger partial charge in [-0.15, -0.1) is 0 Å². The number of hydrogen-bond acceptors (Lipinski definition) is 2. The van der Waals surface area contributed by atoms with Crippen molar-refractivity contribution < 1.29 is 4.74 Å². The Kier molecular flexibility index (Phi) is 1.33. The van der Waals surface area contributed by atoms with Gasteiger partial charge < -0.3 is 4.74 Å².